The quantitative estimate of drug-likeness (QED) is 0.357. The number of benzene rings is 3. The number of amides is 1. The summed E-state index contributed by atoms with van der Waals surface area (Å²) in [6.45, 7) is 0.217. The molecule has 2 N–H and O–H groups in total. The topological polar surface area (TPSA) is 99.4 Å². The molecule has 3 aromatic carbocycles. The van der Waals surface area contributed by atoms with Crippen molar-refractivity contribution in [2.24, 2.45) is 0 Å². The van der Waals surface area contributed by atoms with E-state index in [1.807, 2.05) is 12.1 Å². The van der Waals surface area contributed by atoms with Crippen molar-refractivity contribution in [1.82, 2.24) is 0 Å². The molecule has 1 amide bonds. The molecular weight excluding hydrogens is 460 g/mol. The first kappa shape index (κ1) is 21.8. The van der Waals surface area contributed by atoms with Gasteiger partial charge in [-0.2, -0.15) is 5.26 Å². The highest BCUT2D eigenvalue weighted by molar-refractivity contribution is 9.10. The monoisotopic (exact) mass is 476 g/mol. The zero-order valence-electron chi connectivity index (χ0n) is 16.2. The van der Waals surface area contributed by atoms with Gasteiger partial charge in [-0.15, -0.1) is 0 Å². The van der Waals surface area contributed by atoms with E-state index in [-0.39, 0.29) is 17.7 Å². The molecule has 0 bridgehead atoms. The first-order valence-corrected chi connectivity index (χ1v) is 9.98. The number of nitrogens with zero attached hydrogens (tertiary/aromatic N) is 1. The van der Waals surface area contributed by atoms with Crippen molar-refractivity contribution in [3.63, 3.8) is 0 Å². The first-order valence-electron chi connectivity index (χ1n) is 9.18. The lowest BCUT2D eigenvalue weighted by molar-refractivity contribution is -0.112. The van der Waals surface area contributed by atoms with E-state index >= 15 is 0 Å². The average Bonchev–Trinajstić information content (AvgIpc) is 2.77. The number of nitrogens with one attached hydrogen (secondary N) is 1. The van der Waals surface area contributed by atoms with Gasteiger partial charge in [0.1, 0.15) is 24.0 Å². The van der Waals surface area contributed by atoms with Gasteiger partial charge < -0.3 is 15.2 Å². The van der Waals surface area contributed by atoms with Crippen LogP contribution in [0.5, 0.6) is 5.75 Å². The van der Waals surface area contributed by atoms with Crippen LogP contribution in [0, 0.1) is 11.3 Å². The number of aromatic carboxylic acids is 1. The standard InChI is InChI=1S/C24H17BrN2O4/c25-20-5-2-6-21(13-20)27-23(28)19(14-26)11-16-7-9-22(10-8-16)31-15-17-3-1-4-18(12-17)24(29)30/h1-13H,15H2,(H,27,28)(H,29,30)/b19-11+. The summed E-state index contributed by atoms with van der Waals surface area (Å²) in [7, 11) is 0. The van der Waals surface area contributed by atoms with Crippen LogP contribution < -0.4 is 10.1 Å². The second-order valence-electron chi connectivity index (χ2n) is 6.50. The molecule has 0 saturated carbocycles. The van der Waals surface area contributed by atoms with Crippen LogP contribution in [-0.2, 0) is 11.4 Å². The Bertz CT molecular complexity index is 1180. The molecule has 6 nitrogen and oxygen atoms in total. The van der Waals surface area contributed by atoms with Gasteiger partial charge in [0.2, 0.25) is 0 Å². The smallest absolute Gasteiger partial charge is 0.335 e. The van der Waals surface area contributed by atoms with Gasteiger partial charge in [0.25, 0.3) is 5.91 Å². The lowest BCUT2D eigenvalue weighted by atomic mass is 10.1. The largest absolute Gasteiger partial charge is 0.489 e. The van der Waals surface area contributed by atoms with Crippen molar-refractivity contribution in [3.8, 4) is 11.8 Å². The minimum atomic E-state index is -0.991. The van der Waals surface area contributed by atoms with E-state index in [0.29, 0.717) is 17.0 Å². The zero-order valence-corrected chi connectivity index (χ0v) is 17.8. The van der Waals surface area contributed by atoms with E-state index in [1.54, 1.807) is 60.7 Å². The molecule has 31 heavy (non-hydrogen) atoms. The third-order valence-corrected chi connectivity index (χ3v) is 4.71. The molecule has 154 valence electrons. The molecule has 0 radical (unpaired) electrons. The molecule has 0 saturated heterocycles. The van der Waals surface area contributed by atoms with Crippen molar-refractivity contribution in [2.75, 3.05) is 5.32 Å². The van der Waals surface area contributed by atoms with Crippen molar-refractivity contribution < 1.29 is 19.4 Å². The molecule has 0 aliphatic rings. The molecule has 0 aromatic heterocycles. The van der Waals surface area contributed by atoms with Crippen molar-refractivity contribution in [1.29, 1.82) is 5.26 Å². The number of carbonyl (C=O) groups is 2. The predicted octanol–water partition coefficient (Wildman–Crippen LogP) is 5.27. The molecule has 3 rings (SSSR count). The Balaban J connectivity index is 1.65. The van der Waals surface area contributed by atoms with Crippen molar-refractivity contribution in [3.05, 3.63) is 99.5 Å². The highest BCUT2D eigenvalue weighted by atomic mass is 79.9. The highest BCUT2D eigenvalue weighted by Crippen LogP contribution is 2.19. The summed E-state index contributed by atoms with van der Waals surface area (Å²) in [6, 6.07) is 22.4. The number of hydrogen-bond donors (Lipinski definition) is 2. The summed E-state index contributed by atoms with van der Waals surface area (Å²) in [5.74, 6) is -0.913. The van der Waals surface area contributed by atoms with Gasteiger partial charge in [0, 0.05) is 10.2 Å². The lowest BCUT2D eigenvalue weighted by Crippen LogP contribution is -2.13. The van der Waals surface area contributed by atoms with Crippen LogP contribution in [0.15, 0.2) is 82.8 Å². The minimum Gasteiger partial charge on any atom is -0.489 e. The number of ether oxygens (including phenoxy) is 1. The SMILES string of the molecule is N#C/C(=C\c1ccc(OCc2cccc(C(=O)O)c2)cc1)C(=O)Nc1cccc(Br)c1. The number of hydrogen-bond acceptors (Lipinski definition) is 4. The first-order chi connectivity index (χ1) is 14.9. The summed E-state index contributed by atoms with van der Waals surface area (Å²) >= 11 is 3.34. The summed E-state index contributed by atoms with van der Waals surface area (Å²) in [5, 5.41) is 21.1. The van der Waals surface area contributed by atoms with Crippen LogP contribution >= 0.6 is 15.9 Å². The number of carboxylic acids is 1. The summed E-state index contributed by atoms with van der Waals surface area (Å²) < 4.78 is 6.51. The van der Waals surface area contributed by atoms with Crippen molar-refractivity contribution in [2.45, 2.75) is 6.61 Å². The molecule has 0 atom stereocenters. The van der Waals surface area contributed by atoms with E-state index in [2.05, 4.69) is 21.2 Å². The molecular formula is C24H17BrN2O4. The Kier molecular flexibility index (Phi) is 7.20. The maximum Gasteiger partial charge on any atom is 0.335 e. The Hall–Kier alpha value is -3.89. The molecule has 0 heterocycles. The Morgan fingerprint density at radius 2 is 1.81 bits per heavy atom. The number of rotatable bonds is 7. The highest BCUT2D eigenvalue weighted by Gasteiger charge is 2.10. The Morgan fingerprint density at radius 1 is 1.06 bits per heavy atom. The molecule has 7 heteroatoms. The second-order valence-corrected chi connectivity index (χ2v) is 7.41. The van der Waals surface area contributed by atoms with E-state index in [0.717, 1.165) is 10.0 Å². The van der Waals surface area contributed by atoms with Crippen LogP contribution in [0.3, 0.4) is 0 Å². The van der Waals surface area contributed by atoms with Gasteiger partial charge in [-0.1, -0.05) is 46.3 Å². The fourth-order valence-electron chi connectivity index (χ4n) is 2.70. The number of carbonyl (C=O) groups excluding carboxylic acids is 1. The zero-order chi connectivity index (χ0) is 22.2. The van der Waals surface area contributed by atoms with Gasteiger partial charge in [0.15, 0.2) is 0 Å². The summed E-state index contributed by atoms with van der Waals surface area (Å²) in [4.78, 5) is 23.4. The molecule has 0 aliphatic heterocycles. The number of anilines is 1. The van der Waals surface area contributed by atoms with E-state index < -0.39 is 11.9 Å². The van der Waals surface area contributed by atoms with Gasteiger partial charge in [0.05, 0.1) is 5.56 Å². The van der Waals surface area contributed by atoms with E-state index in [9.17, 15) is 14.9 Å². The van der Waals surface area contributed by atoms with Crippen molar-refractivity contribution >= 4 is 39.6 Å². The van der Waals surface area contributed by atoms with Gasteiger partial charge in [-0.3, -0.25) is 4.79 Å². The summed E-state index contributed by atoms with van der Waals surface area (Å²) in [5.41, 5.74) is 2.16. The lowest BCUT2D eigenvalue weighted by Gasteiger charge is -2.08. The third-order valence-electron chi connectivity index (χ3n) is 4.22. The number of halogens is 1. The molecule has 0 fully saturated rings. The van der Waals surface area contributed by atoms with Crippen LogP contribution in [0.2, 0.25) is 0 Å². The second kappa shape index (κ2) is 10.2. The fraction of sp³-hybridized carbons (Fsp3) is 0.0417. The molecule has 3 aromatic rings. The summed E-state index contributed by atoms with van der Waals surface area (Å²) in [6.07, 6.45) is 1.49. The molecule has 0 aliphatic carbocycles. The van der Waals surface area contributed by atoms with Crippen LogP contribution in [0.4, 0.5) is 5.69 Å². The van der Waals surface area contributed by atoms with Gasteiger partial charge in [-0.05, 0) is 59.7 Å². The molecule has 0 unspecified atom stereocenters. The van der Waals surface area contributed by atoms with Gasteiger partial charge >= 0.3 is 5.97 Å². The molecule has 0 spiro atoms. The van der Waals surface area contributed by atoms with E-state index in [1.165, 1.54) is 12.1 Å². The Labute approximate surface area is 187 Å². The fourth-order valence-corrected chi connectivity index (χ4v) is 3.10. The van der Waals surface area contributed by atoms with E-state index in [4.69, 9.17) is 9.84 Å². The maximum absolute atomic E-state index is 12.4. The number of nitriles is 1. The average molecular weight is 477 g/mol. The van der Waals surface area contributed by atoms with Crippen LogP contribution in [-0.4, -0.2) is 17.0 Å². The maximum atomic E-state index is 12.4. The van der Waals surface area contributed by atoms with Crippen LogP contribution in [0.25, 0.3) is 6.08 Å². The van der Waals surface area contributed by atoms with Gasteiger partial charge in [-0.25, -0.2) is 4.79 Å². The minimum absolute atomic E-state index is 0.0286. The van der Waals surface area contributed by atoms with Crippen LogP contribution in [0.1, 0.15) is 21.5 Å². The Morgan fingerprint density at radius 3 is 2.48 bits per heavy atom. The number of carboxylic acid groups (broad SMARTS) is 1. The third kappa shape index (κ3) is 6.29. The normalized spacial score (nSPS) is 10.8. The predicted molar refractivity (Wildman–Crippen MR) is 121 cm³/mol.